The summed E-state index contributed by atoms with van der Waals surface area (Å²) in [7, 11) is 2.87. The number of nitro groups is 1. The van der Waals surface area contributed by atoms with Crippen LogP contribution in [0.5, 0.6) is 11.5 Å². The predicted molar refractivity (Wildman–Crippen MR) is 78.6 cm³/mol. The van der Waals surface area contributed by atoms with E-state index in [1.54, 1.807) is 6.07 Å². The van der Waals surface area contributed by atoms with Crippen molar-refractivity contribution in [3.63, 3.8) is 0 Å². The Morgan fingerprint density at radius 3 is 2.45 bits per heavy atom. The number of carbonyl (C=O) groups is 1. The molecule has 0 amide bonds. The first-order valence-corrected chi connectivity index (χ1v) is 6.22. The van der Waals surface area contributed by atoms with E-state index in [0.717, 1.165) is 0 Å². The lowest BCUT2D eigenvalue weighted by molar-refractivity contribution is -0.384. The maximum atomic E-state index is 11.4. The molecule has 114 valence electrons. The Morgan fingerprint density at radius 2 is 1.91 bits per heavy atom. The first kappa shape index (κ1) is 15.3. The summed E-state index contributed by atoms with van der Waals surface area (Å²) in [6.07, 6.45) is 0. The summed E-state index contributed by atoms with van der Waals surface area (Å²) >= 11 is 0. The van der Waals surface area contributed by atoms with Crippen LogP contribution in [0.25, 0.3) is 11.1 Å². The molecule has 22 heavy (non-hydrogen) atoms. The molecule has 0 heterocycles. The Labute approximate surface area is 125 Å². The molecule has 0 atom stereocenters. The van der Waals surface area contributed by atoms with E-state index in [0.29, 0.717) is 11.3 Å². The minimum atomic E-state index is -1.25. The summed E-state index contributed by atoms with van der Waals surface area (Å²) in [4.78, 5) is 22.0. The Hall–Kier alpha value is -3.09. The molecule has 7 heteroatoms. The van der Waals surface area contributed by atoms with E-state index in [1.807, 2.05) is 0 Å². The molecule has 1 N–H and O–H groups in total. The number of ether oxygens (including phenoxy) is 2. The molecule has 0 unspecified atom stereocenters. The highest BCUT2D eigenvalue weighted by Gasteiger charge is 2.25. The molecule has 0 saturated carbocycles. The van der Waals surface area contributed by atoms with Crippen LogP contribution in [0.2, 0.25) is 0 Å². The fourth-order valence-electron chi connectivity index (χ4n) is 2.16. The number of hydrogen-bond acceptors (Lipinski definition) is 5. The van der Waals surface area contributed by atoms with Crippen LogP contribution in [0.4, 0.5) is 5.69 Å². The number of benzene rings is 2. The molecule has 0 aliphatic heterocycles. The van der Waals surface area contributed by atoms with Gasteiger partial charge in [-0.05, 0) is 18.2 Å². The fraction of sp³-hybridized carbons (Fsp3) is 0.133. The van der Waals surface area contributed by atoms with Crippen molar-refractivity contribution in [1.82, 2.24) is 0 Å². The highest BCUT2D eigenvalue weighted by molar-refractivity contribution is 6.00. The van der Waals surface area contributed by atoms with Gasteiger partial charge in [0.1, 0.15) is 11.5 Å². The lowest BCUT2D eigenvalue weighted by atomic mass is 9.96. The van der Waals surface area contributed by atoms with E-state index in [9.17, 15) is 20.0 Å². The Kier molecular flexibility index (Phi) is 4.26. The Balaban J connectivity index is 2.81. The van der Waals surface area contributed by atoms with Gasteiger partial charge in [0.05, 0.1) is 30.3 Å². The highest BCUT2D eigenvalue weighted by atomic mass is 16.6. The Bertz CT molecular complexity index is 709. The molecule has 0 spiro atoms. The van der Waals surface area contributed by atoms with Gasteiger partial charge in [-0.15, -0.1) is 0 Å². The molecule has 7 nitrogen and oxygen atoms in total. The number of nitro benzene ring substituents is 1. The van der Waals surface area contributed by atoms with Gasteiger partial charge in [-0.3, -0.25) is 10.1 Å². The monoisotopic (exact) mass is 303 g/mol. The van der Waals surface area contributed by atoms with Crippen LogP contribution in [0.3, 0.4) is 0 Å². The topological polar surface area (TPSA) is 98.9 Å². The third-order valence-corrected chi connectivity index (χ3v) is 3.15. The zero-order valence-corrected chi connectivity index (χ0v) is 11.9. The standard InChI is InChI=1S/C15H13NO6/c1-21-9-6-7-10(13(8-9)22-2)14-11(15(17)18)4-3-5-12(14)16(19)20/h3-8H,1-2H3,(H,17,18). The average Bonchev–Trinajstić information content (AvgIpc) is 2.53. The first-order valence-electron chi connectivity index (χ1n) is 6.22. The SMILES string of the molecule is COc1ccc(-c2c(C(=O)O)cccc2[N+](=O)[O-])c(OC)c1. The van der Waals surface area contributed by atoms with E-state index < -0.39 is 10.9 Å². The summed E-state index contributed by atoms with van der Waals surface area (Å²) in [5.74, 6) is -0.469. The molecule has 2 aromatic carbocycles. The molecular formula is C15H13NO6. The quantitative estimate of drug-likeness (QED) is 0.673. The normalized spacial score (nSPS) is 10.1. The van der Waals surface area contributed by atoms with Crippen LogP contribution in [-0.4, -0.2) is 30.2 Å². The second-order valence-electron chi connectivity index (χ2n) is 4.33. The smallest absolute Gasteiger partial charge is 0.336 e. The number of nitrogens with zero attached hydrogens (tertiary/aromatic N) is 1. The van der Waals surface area contributed by atoms with Crippen molar-refractivity contribution in [2.75, 3.05) is 14.2 Å². The summed E-state index contributed by atoms with van der Waals surface area (Å²) in [6.45, 7) is 0. The molecule has 0 saturated heterocycles. The van der Waals surface area contributed by atoms with Crippen molar-refractivity contribution in [1.29, 1.82) is 0 Å². The van der Waals surface area contributed by atoms with Crippen molar-refractivity contribution >= 4 is 11.7 Å². The van der Waals surface area contributed by atoms with E-state index >= 15 is 0 Å². The molecular weight excluding hydrogens is 290 g/mol. The summed E-state index contributed by atoms with van der Waals surface area (Å²) < 4.78 is 10.3. The lowest BCUT2D eigenvalue weighted by Gasteiger charge is -2.12. The van der Waals surface area contributed by atoms with E-state index in [1.165, 1.54) is 44.6 Å². The van der Waals surface area contributed by atoms with Gasteiger partial charge < -0.3 is 14.6 Å². The fourth-order valence-corrected chi connectivity index (χ4v) is 2.16. The van der Waals surface area contributed by atoms with Crippen LogP contribution < -0.4 is 9.47 Å². The number of rotatable bonds is 5. The van der Waals surface area contributed by atoms with Crippen molar-refractivity contribution in [3.05, 3.63) is 52.1 Å². The number of carboxylic acid groups (broad SMARTS) is 1. The number of carboxylic acids is 1. The first-order chi connectivity index (χ1) is 10.5. The van der Waals surface area contributed by atoms with E-state index in [2.05, 4.69) is 0 Å². The van der Waals surface area contributed by atoms with Crippen LogP contribution in [0.15, 0.2) is 36.4 Å². The number of hydrogen-bond donors (Lipinski definition) is 1. The number of methoxy groups -OCH3 is 2. The van der Waals surface area contributed by atoms with Crippen molar-refractivity contribution in [2.45, 2.75) is 0 Å². The molecule has 0 aromatic heterocycles. The highest BCUT2D eigenvalue weighted by Crippen LogP contribution is 2.40. The van der Waals surface area contributed by atoms with Gasteiger partial charge in [0, 0.05) is 17.7 Å². The Morgan fingerprint density at radius 1 is 1.18 bits per heavy atom. The predicted octanol–water partition coefficient (Wildman–Crippen LogP) is 2.98. The van der Waals surface area contributed by atoms with Crippen LogP contribution in [-0.2, 0) is 0 Å². The average molecular weight is 303 g/mol. The molecule has 2 aromatic rings. The van der Waals surface area contributed by atoms with Gasteiger partial charge >= 0.3 is 5.97 Å². The number of aromatic carboxylic acids is 1. The largest absolute Gasteiger partial charge is 0.497 e. The van der Waals surface area contributed by atoms with Crippen LogP contribution >= 0.6 is 0 Å². The van der Waals surface area contributed by atoms with Gasteiger partial charge in [-0.1, -0.05) is 6.07 Å². The second kappa shape index (κ2) is 6.13. The van der Waals surface area contributed by atoms with Gasteiger partial charge in [-0.25, -0.2) is 4.79 Å². The van der Waals surface area contributed by atoms with Crippen LogP contribution in [0.1, 0.15) is 10.4 Å². The molecule has 0 bridgehead atoms. The van der Waals surface area contributed by atoms with Crippen molar-refractivity contribution in [2.24, 2.45) is 0 Å². The minimum Gasteiger partial charge on any atom is -0.497 e. The third kappa shape index (κ3) is 2.69. The maximum Gasteiger partial charge on any atom is 0.336 e. The zero-order chi connectivity index (χ0) is 16.3. The van der Waals surface area contributed by atoms with Gasteiger partial charge in [0.25, 0.3) is 5.69 Å². The lowest BCUT2D eigenvalue weighted by Crippen LogP contribution is -2.04. The van der Waals surface area contributed by atoms with Gasteiger partial charge in [0.15, 0.2) is 0 Å². The van der Waals surface area contributed by atoms with Gasteiger partial charge in [0.2, 0.25) is 0 Å². The zero-order valence-electron chi connectivity index (χ0n) is 11.9. The van der Waals surface area contributed by atoms with E-state index in [4.69, 9.17) is 9.47 Å². The molecule has 0 aliphatic carbocycles. The van der Waals surface area contributed by atoms with Crippen LogP contribution in [0, 0.1) is 10.1 Å². The molecule has 0 radical (unpaired) electrons. The third-order valence-electron chi connectivity index (χ3n) is 3.15. The summed E-state index contributed by atoms with van der Waals surface area (Å²) in [5, 5.41) is 20.5. The van der Waals surface area contributed by atoms with Crippen molar-refractivity contribution < 1.29 is 24.3 Å². The minimum absolute atomic E-state index is 0.000460. The summed E-state index contributed by atoms with van der Waals surface area (Å²) in [5.41, 5.74) is -0.159. The van der Waals surface area contributed by atoms with E-state index in [-0.39, 0.29) is 22.6 Å². The second-order valence-corrected chi connectivity index (χ2v) is 4.33. The molecule has 0 aliphatic rings. The van der Waals surface area contributed by atoms with Crippen molar-refractivity contribution in [3.8, 4) is 22.6 Å². The molecule has 0 fully saturated rings. The summed E-state index contributed by atoms with van der Waals surface area (Å²) in [6, 6.07) is 8.56. The van der Waals surface area contributed by atoms with Gasteiger partial charge in [-0.2, -0.15) is 0 Å². The molecule has 2 rings (SSSR count). The maximum absolute atomic E-state index is 11.4.